The topological polar surface area (TPSA) is 46.5 Å². The molecule has 3 rings (SSSR count). The second-order valence-corrected chi connectivity index (χ2v) is 5.20. The number of carbonyl (C=O) groups excluding carboxylic acids is 1. The summed E-state index contributed by atoms with van der Waals surface area (Å²) < 4.78 is 0. The molecule has 0 atom stereocenters. The Labute approximate surface area is 134 Å². The standard InChI is InChI=1S/C20H16O3/c21-19(16-10-4-1-5-11-16)20(23-22,17-12-6-2-7-13-17)18-14-8-3-9-15-18/h1-15,22H. The zero-order chi connectivity index (χ0) is 16.1. The van der Waals surface area contributed by atoms with E-state index in [2.05, 4.69) is 0 Å². The largest absolute Gasteiger partial charge is 0.290 e. The van der Waals surface area contributed by atoms with Gasteiger partial charge in [-0.2, -0.15) is 0 Å². The highest BCUT2D eigenvalue weighted by Crippen LogP contribution is 2.36. The summed E-state index contributed by atoms with van der Waals surface area (Å²) >= 11 is 0. The maximum Gasteiger partial charge on any atom is 0.215 e. The van der Waals surface area contributed by atoms with Crippen LogP contribution in [-0.4, -0.2) is 11.0 Å². The van der Waals surface area contributed by atoms with Gasteiger partial charge in [-0.25, -0.2) is 4.89 Å². The van der Waals surface area contributed by atoms with Crippen molar-refractivity contribution in [2.75, 3.05) is 0 Å². The molecule has 0 radical (unpaired) electrons. The average Bonchev–Trinajstić information content (AvgIpc) is 2.65. The lowest BCUT2D eigenvalue weighted by atomic mass is 9.80. The van der Waals surface area contributed by atoms with Crippen molar-refractivity contribution in [3.05, 3.63) is 108 Å². The number of ketones is 1. The molecule has 3 nitrogen and oxygen atoms in total. The fraction of sp³-hybridized carbons (Fsp3) is 0.0500. The van der Waals surface area contributed by atoms with E-state index in [4.69, 9.17) is 4.89 Å². The summed E-state index contributed by atoms with van der Waals surface area (Å²) in [6.45, 7) is 0. The van der Waals surface area contributed by atoms with E-state index in [0.717, 1.165) is 0 Å². The lowest BCUT2D eigenvalue weighted by Gasteiger charge is -2.30. The van der Waals surface area contributed by atoms with Gasteiger partial charge >= 0.3 is 0 Å². The van der Waals surface area contributed by atoms with Crippen LogP contribution >= 0.6 is 0 Å². The first-order chi connectivity index (χ1) is 11.3. The molecule has 0 aliphatic rings. The van der Waals surface area contributed by atoms with Crippen molar-refractivity contribution in [3.63, 3.8) is 0 Å². The first kappa shape index (κ1) is 15.2. The molecule has 114 valence electrons. The van der Waals surface area contributed by atoms with E-state index in [-0.39, 0.29) is 5.78 Å². The number of benzene rings is 3. The van der Waals surface area contributed by atoms with Crippen LogP contribution in [0, 0.1) is 0 Å². The SMILES string of the molecule is O=C(c1ccccc1)C(OO)(c1ccccc1)c1ccccc1. The van der Waals surface area contributed by atoms with Crippen molar-refractivity contribution >= 4 is 5.78 Å². The third-order valence-electron chi connectivity index (χ3n) is 3.85. The van der Waals surface area contributed by atoms with E-state index in [0.29, 0.717) is 16.7 Å². The summed E-state index contributed by atoms with van der Waals surface area (Å²) in [7, 11) is 0. The molecule has 0 amide bonds. The van der Waals surface area contributed by atoms with Gasteiger partial charge in [0.15, 0.2) is 0 Å². The zero-order valence-corrected chi connectivity index (χ0v) is 12.4. The molecular formula is C20H16O3. The van der Waals surface area contributed by atoms with Crippen LogP contribution in [0.2, 0.25) is 0 Å². The Morgan fingerprint density at radius 2 is 1.09 bits per heavy atom. The van der Waals surface area contributed by atoms with Gasteiger partial charge in [0, 0.05) is 5.56 Å². The van der Waals surface area contributed by atoms with Crippen LogP contribution in [0.5, 0.6) is 0 Å². The lowest BCUT2D eigenvalue weighted by molar-refractivity contribution is -0.297. The Morgan fingerprint density at radius 1 is 0.696 bits per heavy atom. The van der Waals surface area contributed by atoms with Crippen LogP contribution in [-0.2, 0) is 10.5 Å². The summed E-state index contributed by atoms with van der Waals surface area (Å²) in [6, 6.07) is 26.8. The molecule has 23 heavy (non-hydrogen) atoms. The predicted molar refractivity (Wildman–Crippen MR) is 88.2 cm³/mol. The van der Waals surface area contributed by atoms with Crippen molar-refractivity contribution in [1.82, 2.24) is 0 Å². The summed E-state index contributed by atoms with van der Waals surface area (Å²) in [5.41, 5.74) is 0.0171. The lowest BCUT2D eigenvalue weighted by Crippen LogP contribution is -2.39. The van der Waals surface area contributed by atoms with E-state index < -0.39 is 5.60 Å². The van der Waals surface area contributed by atoms with Gasteiger partial charge in [0.1, 0.15) is 0 Å². The number of hydrogen-bond donors (Lipinski definition) is 1. The second-order valence-electron chi connectivity index (χ2n) is 5.20. The Balaban J connectivity index is 2.24. The smallest absolute Gasteiger partial charge is 0.215 e. The van der Waals surface area contributed by atoms with E-state index in [9.17, 15) is 10.1 Å². The zero-order valence-electron chi connectivity index (χ0n) is 12.4. The van der Waals surface area contributed by atoms with Crippen LogP contribution < -0.4 is 0 Å². The minimum Gasteiger partial charge on any atom is -0.290 e. The molecule has 0 bridgehead atoms. The van der Waals surface area contributed by atoms with E-state index in [1.54, 1.807) is 48.5 Å². The van der Waals surface area contributed by atoms with Crippen molar-refractivity contribution in [1.29, 1.82) is 0 Å². The summed E-state index contributed by atoms with van der Waals surface area (Å²) in [5.74, 6) is -0.321. The Hall–Kier alpha value is -2.75. The molecule has 3 aromatic carbocycles. The van der Waals surface area contributed by atoms with Crippen LogP contribution in [0.25, 0.3) is 0 Å². The van der Waals surface area contributed by atoms with Crippen LogP contribution in [0.1, 0.15) is 21.5 Å². The Morgan fingerprint density at radius 3 is 1.48 bits per heavy atom. The number of Topliss-reactive ketones (excluding diaryl/α,β-unsaturated/α-hetero) is 1. The Bertz CT molecular complexity index is 728. The molecule has 0 aliphatic carbocycles. The van der Waals surface area contributed by atoms with E-state index in [1.165, 1.54) is 0 Å². The summed E-state index contributed by atoms with van der Waals surface area (Å²) in [6.07, 6.45) is 0. The van der Waals surface area contributed by atoms with E-state index >= 15 is 0 Å². The predicted octanol–water partition coefficient (Wildman–Crippen LogP) is 4.30. The van der Waals surface area contributed by atoms with Gasteiger partial charge < -0.3 is 0 Å². The molecule has 3 aromatic rings. The Kier molecular flexibility index (Phi) is 4.33. The van der Waals surface area contributed by atoms with Gasteiger partial charge in [0.25, 0.3) is 0 Å². The normalized spacial score (nSPS) is 11.2. The summed E-state index contributed by atoms with van der Waals surface area (Å²) in [4.78, 5) is 18.1. The number of carbonyl (C=O) groups is 1. The molecule has 1 N–H and O–H groups in total. The molecule has 0 spiro atoms. The van der Waals surface area contributed by atoms with Gasteiger partial charge in [-0.3, -0.25) is 10.1 Å². The minimum absolute atomic E-state index is 0.321. The fourth-order valence-corrected chi connectivity index (χ4v) is 2.71. The molecular weight excluding hydrogens is 288 g/mol. The maximum absolute atomic E-state index is 13.2. The molecule has 0 saturated carbocycles. The van der Waals surface area contributed by atoms with Gasteiger partial charge in [-0.1, -0.05) is 91.0 Å². The first-order valence-corrected chi connectivity index (χ1v) is 7.32. The number of hydrogen-bond acceptors (Lipinski definition) is 3. The van der Waals surface area contributed by atoms with Gasteiger partial charge in [0.2, 0.25) is 11.4 Å². The molecule has 0 fully saturated rings. The van der Waals surface area contributed by atoms with Crippen molar-refractivity contribution in [3.8, 4) is 0 Å². The van der Waals surface area contributed by atoms with Crippen LogP contribution in [0.15, 0.2) is 91.0 Å². The fourth-order valence-electron chi connectivity index (χ4n) is 2.71. The number of rotatable bonds is 5. The molecule has 0 unspecified atom stereocenters. The second kappa shape index (κ2) is 6.57. The molecule has 3 heteroatoms. The van der Waals surface area contributed by atoms with Gasteiger partial charge in [-0.15, -0.1) is 0 Å². The van der Waals surface area contributed by atoms with Crippen molar-refractivity contribution in [2.45, 2.75) is 5.60 Å². The molecule has 0 aliphatic heterocycles. The monoisotopic (exact) mass is 304 g/mol. The third-order valence-corrected chi connectivity index (χ3v) is 3.85. The quantitative estimate of drug-likeness (QED) is 0.434. The van der Waals surface area contributed by atoms with Crippen molar-refractivity contribution < 1.29 is 14.9 Å². The molecule has 0 aromatic heterocycles. The van der Waals surface area contributed by atoms with Crippen LogP contribution in [0.3, 0.4) is 0 Å². The molecule has 0 heterocycles. The highest BCUT2D eigenvalue weighted by Gasteiger charge is 2.44. The third kappa shape index (κ3) is 2.68. The molecule has 0 saturated heterocycles. The minimum atomic E-state index is -1.59. The highest BCUT2D eigenvalue weighted by atomic mass is 17.1. The van der Waals surface area contributed by atoms with Gasteiger partial charge in [-0.05, 0) is 11.1 Å². The maximum atomic E-state index is 13.2. The highest BCUT2D eigenvalue weighted by molar-refractivity contribution is 6.05. The first-order valence-electron chi connectivity index (χ1n) is 7.32. The van der Waals surface area contributed by atoms with Crippen LogP contribution in [0.4, 0.5) is 0 Å². The van der Waals surface area contributed by atoms with Gasteiger partial charge in [0.05, 0.1) is 0 Å². The average molecular weight is 304 g/mol. The van der Waals surface area contributed by atoms with E-state index in [1.807, 2.05) is 42.5 Å². The van der Waals surface area contributed by atoms with Crippen molar-refractivity contribution in [2.24, 2.45) is 0 Å². The summed E-state index contributed by atoms with van der Waals surface area (Å²) in [5, 5.41) is 9.79.